The molecule has 0 atom stereocenters. The molecule has 1 amide bonds. The standard InChI is InChI=1S/C15H22N2O3/c1-12-6-8-17(9-7-12)15(18)13-2-4-14(5-3-13)19-10-11-20-16/h2-5,12H,6-11,16H2,1H3. The quantitative estimate of drug-likeness (QED) is 0.659. The Morgan fingerprint density at radius 1 is 1.25 bits per heavy atom. The highest BCUT2D eigenvalue weighted by Crippen LogP contribution is 2.19. The van der Waals surface area contributed by atoms with Crippen molar-refractivity contribution in [3.8, 4) is 5.75 Å². The van der Waals surface area contributed by atoms with Gasteiger partial charge in [0.1, 0.15) is 19.0 Å². The van der Waals surface area contributed by atoms with E-state index in [1.54, 1.807) is 24.3 Å². The summed E-state index contributed by atoms with van der Waals surface area (Å²) in [6.45, 7) is 4.68. The van der Waals surface area contributed by atoms with E-state index in [4.69, 9.17) is 10.6 Å². The van der Waals surface area contributed by atoms with E-state index in [1.807, 2.05) is 4.90 Å². The molecule has 1 aliphatic heterocycles. The molecular formula is C15H22N2O3. The molecule has 1 aromatic rings. The molecule has 5 nitrogen and oxygen atoms in total. The Morgan fingerprint density at radius 3 is 2.50 bits per heavy atom. The van der Waals surface area contributed by atoms with E-state index >= 15 is 0 Å². The van der Waals surface area contributed by atoms with Crippen molar-refractivity contribution in [1.82, 2.24) is 4.90 Å². The van der Waals surface area contributed by atoms with Crippen LogP contribution in [0.2, 0.25) is 0 Å². The first kappa shape index (κ1) is 14.8. The third-order valence-electron chi connectivity index (χ3n) is 3.64. The number of nitrogens with zero attached hydrogens (tertiary/aromatic N) is 1. The van der Waals surface area contributed by atoms with Crippen LogP contribution in [0.5, 0.6) is 5.75 Å². The van der Waals surface area contributed by atoms with Crippen molar-refractivity contribution in [2.75, 3.05) is 26.3 Å². The van der Waals surface area contributed by atoms with Crippen molar-refractivity contribution in [2.45, 2.75) is 19.8 Å². The van der Waals surface area contributed by atoms with Gasteiger partial charge < -0.3 is 14.5 Å². The molecule has 1 heterocycles. The van der Waals surface area contributed by atoms with Gasteiger partial charge in [0, 0.05) is 18.7 Å². The lowest BCUT2D eigenvalue weighted by Gasteiger charge is -2.30. The van der Waals surface area contributed by atoms with Crippen molar-refractivity contribution in [2.24, 2.45) is 11.8 Å². The van der Waals surface area contributed by atoms with Crippen molar-refractivity contribution >= 4 is 5.91 Å². The monoisotopic (exact) mass is 278 g/mol. The predicted molar refractivity (Wildman–Crippen MR) is 76.4 cm³/mol. The molecule has 0 unspecified atom stereocenters. The number of carbonyl (C=O) groups excluding carboxylic acids is 1. The van der Waals surface area contributed by atoms with Crippen LogP contribution in [0.25, 0.3) is 0 Å². The maximum atomic E-state index is 12.3. The molecule has 1 fully saturated rings. The molecule has 1 aliphatic rings. The third-order valence-corrected chi connectivity index (χ3v) is 3.64. The number of benzene rings is 1. The Morgan fingerprint density at radius 2 is 1.90 bits per heavy atom. The average Bonchev–Trinajstić information content (AvgIpc) is 2.48. The first-order valence-electron chi connectivity index (χ1n) is 7.04. The average molecular weight is 278 g/mol. The number of hydrogen-bond acceptors (Lipinski definition) is 4. The minimum atomic E-state index is 0.105. The zero-order valence-electron chi connectivity index (χ0n) is 11.9. The van der Waals surface area contributed by atoms with Gasteiger partial charge in [-0.3, -0.25) is 4.79 Å². The van der Waals surface area contributed by atoms with Crippen LogP contribution in [-0.4, -0.2) is 37.1 Å². The summed E-state index contributed by atoms with van der Waals surface area (Å²) in [6.07, 6.45) is 2.18. The summed E-state index contributed by atoms with van der Waals surface area (Å²) in [6, 6.07) is 7.21. The Hall–Kier alpha value is -1.59. The Labute approximate surface area is 119 Å². The molecule has 2 N–H and O–H groups in total. The normalized spacial score (nSPS) is 16.2. The van der Waals surface area contributed by atoms with Crippen molar-refractivity contribution in [3.63, 3.8) is 0 Å². The fourth-order valence-corrected chi connectivity index (χ4v) is 2.30. The van der Waals surface area contributed by atoms with Crippen LogP contribution < -0.4 is 10.6 Å². The van der Waals surface area contributed by atoms with Gasteiger partial charge >= 0.3 is 0 Å². The molecule has 5 heteroatoms. The molecule has 110 valence electrons. The fraction of sp³-hybridized carbons (Fsp3) is 0.533. The maximum Gasteiger partial charge on any atom is 0.253 e. The van der Waals surface area contributed by atoms with Gasteiger partial charge in [-0.05, 0) is 43.0 Å². The van der Waals surface area contributed by atoms with Crippen LogP contribution in [0.15, 0.2) is 24.3 Å². The first-order chi connectivity index (χ1) is 9.70. The summed E-state index contributed by atoms with van der Waals surface area (Å²) in [5, 5.41) is 0. The highest BCUT2D eigenvalue weighted by molar-refractivity contribution is 5.94. The first-order valence-corrected chi connectivity index (χ1v) is 7.04. The highest BCUT2D eigenvalue weighted by atomic mass is 16.6. The van der Waals surface area contributed by atoms with Gasteiger partial charge in [-0.2, -0.15) is 0 Å². The number of rotatable bonds is 5. The number of piperidine rings is 1. The Balaban J connectivity index is 1.90. The van der Waals surface area contributed by atoms with Crippen LogP contribution in [0.1, 0.15) is 30.1 Å². The molecule has 0 spiro atoms. The van der Waals surface area contributed by atoms with Gasteiger partial charge in [0.15, 0.2) is 0 Å². The van der Waals surface area contributed by atoms with E-state index in [1.165, 1.54) is 0 Å². The number of hydrogen-bond donors (Lipinski definition) is 1. The molecule has 0 bridgehead atoms. The van der Waals surface area contributed by atoms with Crippen molar-refractivity contribution in [1.29, 1.82) is 0 Å². The van der Waals surface area contributed by atoms with E-state index in [-0.39, 0.29) is 5.91 Å². The zero-order valence-corrected chi connectivity index (χ0v) is 11.9. The number of carbonyl (C=O) groups is 1. The van der Waals surface area contributed by atoms with Crippen LogP contribution in [0, 0.1) is 5.92 Å². The van der Waals surface area contributed by atoms with Crippen LogP contribution in [-0.2, 0) is 4.84 Å². The number of likely N-dealkylation sites (tertiary alicyclic amines) is 1. The topological polar surface area (TPSA) is 64.8 Å². The smallest absolute Gasteiger partial charge is 0.253 e. The number of amides is 1. The molecule has 1 saturated heterocycles. The minimum absolute atomic E-state index is 0.105. The van der Waals surface area contributed by atoms with E-state index in [0.717, 1.165) is 31.8 Å². The SMILES string of the molecule is CC1CCN(C(=O)c2ccc(OCCON)cc2)CC1. The summed E-state index contributed by atoms with van der Waals surface area (Å²) in [5.41, 5.74) is 0.710. The molecule has 0 aliphatic carbocycles. The van der Waals surface area contributed by atoms with Crippen molar-refractivity contribution < 1.29 is 14.4 Å². The molecule has 0 saturated carbocycles. The molecule has 0 aromatic heterocycles. The summed E-state index contributed by atoms with van der Waals surface area (Å²) in [4.78, 5) is 18.7. The second-order valence-corrected chi connectivity index (χ2v) is 5.22. The van der Waals surface area contributed by atoms with E-state index in [2.05, 4.69) is 11.8 Å². The molecule has 0 radical (unpaired) electrons. The van der Waals surface area contributed by atoms with Gasteiger partial charge in [-0.1, -0.05) is 6.92 Å². The van der Waals surface area contributed by atoms with Crippen LogP contribution in [0.3, 0.4) is 0 Å². The molecule has 1 aromatic carbocycles. The van der Waals surface area contributed by atoms with E-state index in [9.17, 15) is 4.79 Å². The summed E-state index contributed by atoms with van der Waals surface area (Å²) >= 11 is 0. The van der Waals surface area contributed by atoms with Crippen LogP contribution in [0.4, 0.5) is 0 Å². The largest absolute Gasteiger partial charge is 0.491 e. The van der Waals surface area contributed by atoms with E-state index in [0.29, 0.717) is 24.5 Å². The minimum Gasteiger partial charge on any atom is -0.491 e. The zero-order chi connectivity index (χ0) is 14.4. The third kappa shape index (κ3) is 3.95. The molecular weight excluding hydrogens is 256 g/mol. The fourth-order valence-electron chi connectivity index (χ4n) is 2.30. The summed E-state index contributed by atoms with van der Waals surface area (Å²) in [7, 11) is 0. The predicted octanol–water partition coefficient (Wildman–Crippen LogP) is 1.83. The number of nitrogens with two attached hydrogens (primary N) is 1. The lowest BCUT2D eigenvalue weighted by Crippen LogP contribution is -2.37. The second-order valence-electron chi connectivity index (χ2n) is 5.22. The lowest BCUT2D eigenvalue weighted by atomic mass is 9.98. The van der Waals surface area contributed by atoms with Gasteiger partial charge in [0.05, 0.1) is 0 Å². The Kier molecular flexibility index (Phi) is 5.38. The second kappa shape index (κ2) is 7.26. The van der Waals surface area contributed by atoms with Gasteiger partial charge in [-0.25, -0.2) is 5.90 Å². The lowest BCUT2D eigenvalue weighted by molar-refractivity contribution is 0.0697. The van der Waals surface area contributed by atoms with Crippen molar-refractivity contribution in [3.05, 3.63) is 29.8 Å². The van der Waals surface area contributed by atoms with Gasteiger partial charge in [0.2, 0.25) is 0 Å². The Bertz CT molecular complexity index is 425. The summed E-state index contributed by atoms with van der Waals surface area (Å²) < 4.78 is 5.41. The van der Waals surface area contributed by atoms with E-state index < -0.39 is 0 Å². The maximum absolute atomic E-state index is 12.3. The van der Waals surface area contributed by atoms with Gasteiger partial charge in [0.25, 0.3) is 5.91 Å². The molecule has 20 heavy (non-hydrogen) atoms. The summed E-state index contributed by atoms with van der Waals surface area (Å²) in [5.74, 6) is 6.46. The number of ether oxygens (including phenoxy) is 1. The highest BCUT2D eigenvalue weighted by Gasteiger charge is 2.21. The van der Waals surface area contributed by atoms with Crippen LogP contribution >= 0.6 is 0 Å². The van der Waals surface area contributed by atoms with Gasteiger partial charge in [-0.15, -0.1) is 0 Å². The molecule has 2 rings (SSSR count).